The lowest BCUT2D eigenvalue weighted by atomic mass is 10.1. The van der Waals surface area contributed by atoms with Crippen LogP contribution >= 0.6 is 11.8 Å². The van der Waals surface area contributed by atoms with Gasteiger partial charge in [-0.25, -0.2) is 9.50 Å². The normalized spacial score (nSPS) is 11.3. The minimum atomic E-state index is 0.831. The molecule has 0 saturated carbocycles. The maximum atomic E-state index is 5.29. The molecule has 3 aromatic heterocycles. The largest absolute Gasteiger partial charge is 0.497 e. The van der Waals surface area contributed by atoms with E-state index in [0.29, 0.717) is 0 Å². The predicted octanol–water partition coefficient (Wildman–Crippen LogP) is 5.01. The van der Waals surface area contributed by atoms with Gasteiger partial charge in [-0.15, -0.1) is 11.8 Å². The molecule has 0 saturated heterocycles. The van der Waals surface area contributed by atoms with Gasteiger partial charge in [0, 0.05) is 30.4 Å². The van der Waals surface area contributed by atoms with E-state index >= 15 is 0 Å². The first-order valence-electron chi connectivity index (χ1n) is 9.77. The number of unbranched alkanes of at least 4 members (excludes halogenated alkanes) is 1. The van der Waals surface area contributed by atoms with Crippen molar-refractivity contribution in [2.45, 2.75) is 31.7 Å². The second kappa shape index (κ2) is 8.29. The molecule has 0 unspecified atom stereocenters. The first-order chi connectivity index (χ1) is 14.1. The Hall–Kier alpha value is -2.80. The molecule has 0 amide bonds. The highest BCUT2D eigenvalue weighted by Gasteiger charge is 2.16. The molecule has 0 spiro atoms. The Morgan fingerprint density at radius 3 is 2.55 bits per heavy atom. The number of hydrogen-bond acceptors (Lipinski definition) is 5. The van der Waals surface area contributed by atoms with E-state index in [1.807, 2.05) is 53.6 Å². The van der Waals surface area contributed by atoms with Gasteiger partial charge in [0.15, 0.2) is 5.65 Å². The molecular weight excluding hydrogens is 382 g/mol. The molecule has 0 fully saturated rings. The van der Waals surface area contributed by atoms with E-state index in [9.17, 15) is 0 Å². The SMILES string of the molecule is CCCCSc1cc2nc(-c3ccc(OC)cc3)cc(-c3cn(C)nc3C)n2n1. The second-order valence-corrected chi connectivity index (χ2v) is 8.13. The lowest BCUT2D eigenvalue weighted by molar-refractivity contribution is 0.415. The van der Waals surface area contributed by atoms with Gasteiger partial charge in [-0.1, -0.05) is 13.3 Å². The molecule has 7 heteroatoms. The van der Waals surface area contributed by atoms with Crippen molar-refractivity contribution in [3.8, 4) is 28.3 Å². The average Bonchev–Trinajstić information content (AvgIpc) is 3.29. The monoisotopic (exact) mass is 407 g/mol. The highest BCUT2D eigenvalue weighted by molar-refractivity contribution is 7.99. The van der Waals surface area contributed by atoms with Gasteiger partial charge in [-0.2, -0.15) is 10.2 Å². The number of nitrogens with zero attached hydrogens (tertiary/aromatic N) is 5. The van der Waals surface area contributed by atoms with Crippen LogP contribution in [0.15, 0.2) is 47.6 Å². The number of methoxy groups -OCH3 is 1. The molecule has 0 atom stereocenters. The van der Waals surface area contributed by atoms with E-state index in [1.165, 1.54) is 12.8 Å². The smallest absolute Gasteiger partial charge is 0.157 e. The highest BCUT2D eigenvalue weighted by Crippen LogP contribution is 2.30. The van der Waals surface area contributed by atoms with Gasteiger partial charge in [0.25, 0.3) is 0 Å². The van der Waals surface area contributed by atoms with Crippen LogP contribution in [-0.2, 0) is 7.05 Å². The minimum Gasteiger partial charge on any atom is -0.497 e. The first kappa shape index (κ1) is 19.5. The minimum absolute atomic E-state index is 0.831. The van der Waals surface area contributed by atoms with E-state index in [2.05, 4.69) is 24.2 Å². The fourth-order valence-corrected chi connectivity index (χ4v) is 4.27. The molecule has 1 aromatic carbocycles. The molecule has 0 aliphatic carbocycles. The fraction of sp³-hybridized carbons (Fsp3) is 0.318. The van der Waals surface area contributed by atoms with Crippen LogP contribution in [0.5, 0.6) is 5.75 Å². The third kappa shape index (κ3) is 4.00. The summed E-state index contributed by atoms with van der Waals surface area (Å²) in [5.74, 6) is 1.89. The van der Waals surface area contributed by atoms with Gasteiger partial charge >= 0.3 is 0 Å². The number of aryl methyl sites for hydroxylation is 2. The summed E-state index contributed by atoms with van der Waals surface area (Å²) in [6.07, 6.45) is 4.39. The van der Waals surface area contributed by atoms with Crippen LogP contribution in [0.1, 0.15) is 25.5 Å². The summed E-state index contributed by atoms with van der Waals surface area (Å²) in [6, 6.07) is 12.1. The van der Waals surface area contributed by atoms with Crippen molar-refractivity contribution >= 4 is 17.4 Å². The maximum absolute atomic E-state index is 5.29. The Morgan fingerprint density at radius 1 is 1.10 bits per heavy atom. The number of thioether (sulfide) groups is 1. The van der Waals surface area contributed by atoms with Crippen molar-refractivity contribution in [3.63, 3.8) is 0 Å². The Bertz CT molecular complexity index is 1130. The Labute approximate surface area is 174 Å². The molecule has 0 aliphatic rings. The van der Waals surface area contributed by atoms with Crippen molar-refractivity contribution < 1.29 is 4.74 Å². The molecule has 150 valence electrons. The van der Waals surface area contributed by atoms with Gasteiger partial charge in [0.1, 0.15) is 10.8 Å². The molecular formula is C22H25N5OS. The topological polar surface area (TPSA) is 57.2 Å². The zero-order valence-corrected chi connectivity index (χ0v) is 18.0. The van der Waals surface area contributed by atoms with Crippen LogP contribution in [0, 0.1) is 6.92 Å². The molecule has 0 radical (unpaired) electrons. The number of rotatable bonds is 7. The van der Waals surface area contributed by atoms with Crippen molar-refractivity contribution in [3.05, 3.63) is 48.3 Å². The molecule has 6 nitrogen and oxygen atoms in total. The van der Waals surface area contributed by atoms with Gasteiger partial charge in [0.05, 0.1) is 24.2 Å². The lowest BCUT2D eigenvalue weighted by Crippen LogP contribution is -1.99. The summed E-state index contributed by atoms with van der Waals surface area (Å²) < 4.78 is 9.06. The van der Waals surface area contributed by atoms with Gasteiger partial charge in [0.2, 0.25) is 0 Å². The number of benzene rings is 1. The van der Waals surface area contributed by atoms with Crippen LogP contribution in [0.2, 0.25) is 0 Å². The molecule has 0 N–H and O–H groups in total. The number of ether oxygens (including phenoxy) is 1. The van der Waals surface area contributed by atoms with E-state index in [4.69, 9.17) is 14.8 Å². The summed E-state index contributed by atoms with van der Waals surface area (Å²) in [4.78, 5) is 4.89. The average molecular weight is 408 g/mol. The summed E-state index contributed by atoms with van der Waals surface area (Å²) >= 11 is 1.78. The van der Waals surface area contributed by atoms with Crippen LogP contribution in [0.4, 0.5) is 0 Å². The number of fused-ring (bicyclic) bond motifs is 1. The maximum Gasteiger partial charge on any atom is 0.157 e. The fourth-order valence-electron chi connectivity index (χ4n) is 3.30. The van der Waals surface area contributed by atoms with Crippen molar-refractivity contribution in [1.29, 1.82) is 0 Å². The number of hydrogen-bond donors (Lipinski definition) is 0. The second-order valence-electron chi connectivity index (χ2n) is 7.01. The predicted molar refractivity (Wildman–Crippen MR) is 118 cm³/mol. The van der Waals surface area contributed by atoms with Crippen LogP contribution in [0.3, 0.4) is 0 Å². The Morgan fingerprint density at radius 2 is 1.90 bits per heavy atom. The van der Waals surface area contributed by atoms with Crippen LogP contribution < -0.4 is 4.74 Å². The highest BCUT2D eigenvalue weighted by atomic mass is 32.2. The summed E-state index contributed by atoms with van der Waals surface area (Å²) in [7, 11) is 3.61. The zero-order valence-electron chi connectivity index (χ0n) is 17.2. The third-order valence-corrected chi connectivity index (χ3v) is 5.82. The Kier molecular flexibility index (Phi) is 5.58. The van der Waals surface area contributed by atoms with E-state index in [0.717, 1.165) is 50.4 Å². The molecule has 0 aliphatic heterocycles. The quantitative estimate of drug-likeness (QED) is 0.318. The number of aromatic nitrogens is 5. The molecule has 4 rings (SSSR count). The molecule has 3 heterocycles. The Balaban J connectivity index is 1.85. The first-order valence-corrected chi connectivity index (χ1v) is 10.8. The molecule has 4 aromatic rings. The summed E-state index contributed by atoms with van der Waals surface area (Å²) in [5, 5.41) is 10.4. The third-order valence-electron chi connectivity index (χ3n) is 4.83. The molecule has 0 bridgehead atoms. The van der Waals surface area contributed by atoms with Gasteiger partial charge in [-0.05, 0) is 49.4 Å². The van der Waals surface area contributed by atoms with E-state index in [-0.39, 0.29) is 0 Å². The van der Waals surface area contributed by atoms with Crippen molar-refractivity contribution in [1.82, 2.24) is 24.4 Å². The standard InChI is InChI=1S/C22H25N5OS/c1-5-6-11-29-22-13-21-23-19(16-7-9-17(28-4)10-8-16)12-20(27(21)25-22)18-14-26(3)24-15(18)2/h7-10,12-14H,5-6,11H2,1-4H3. The lowest BCUT2D eigenvalue weighted by Gasteiger charge is -2.08. The summed E-state index contributed by atoms with van der Waals surface area (Å²) in [6.45, 7) is 4.23. The van der Waals surface area contributed by atoms with Crippen molar-refractivity contribution in [2.24, 2.45) is 7.05 Å². The van der Waals surface area contributed by atoms with E-state index < -0.39 is 0 Å². The zero-order chi connectivity index (χ0) is 20.4. The molecule has 29 heavy (non-hydrogen) atoms. The van der Waals surface area contributed by atoms with Gasteiger partial charge in [-0.3, -0.25) is 4.68 Å². The van der Waals surface area contributed by atoms with Crippen molar-refractivity contribution in [2.75, 3.05) is 12.9 Å². The van der Waals surface area contributed by atoms with Gasteiger partial charge < -0.3 is 4.74 Å². The van der Waals surface area contributed by atoms with Crippen LogP contribution in [-0.4, -0.2) is 37.2 Å². The van der Waals surface area contributed by atoms with E-state index in [1.54, 1.807) is 18.9 Å². The van der Waals surface area contributed by atoms with Crippen LogP contribution in [0.25, 0.3) is 28.2 Å². The summed E-state index contributed by atoms with van der Waals surface area (Å²) in [5.41, 5.74) is 5.81.